The van der Waals surface area contributed by atoms with Gasteiger partial charge in [0.1, 0.15) is 17.7 Å². The molecule has 0 unspecified atom stereocenters. The number of nitrogens with zero attached hydrogens (tertiary/aromatic N) is 5. The summed E-state index contributed by atoms with van der Waals surface area (Å²) in [6, 6.07) is 6.19. The monoisotopic (exact) mass is 456 g/mol. The van der Waals surface area contributed by atoms with Crippen molar-refractivity contribution in [1.82, 2.24) is 19.5 Å². The van der Waals surface area contributed by atoms with E-state index in [4.69, 9.17) is 4.42 Å². The average Bonchev–Trinajstić information content (AvgIpc) is 3.57. The topological polar surface area (TPSA) is 111 Å². The lowest BCUT2D eigenvalue weighted by Gasteiger charge is -2.23. The van der Waals surface area contributed by atoms with E-state index in [-0.39, 0.29) is 24.1 Å². The molecule has 1 saturated heterocycles. The molecule has 2 N–H and O–H groups in total. The Morgan fingerprint density at radius 1 is 1.18 bits per heavy atom. The minimum absolute atomic E-state index is 0.0280. The van der Waals surface area contributed by atoms with E-state index in [2.05, 4.69) is 29.7 Å². The van der Waals surface area contributed by atoms with Crippen LogP contribution >= 0.6 is 0 Å². The summed E-state index contributed by atoms with van der Waals surface area (Å²) in [5, 5.41) is 12.8. The SMILES string of the molecule is OC[C@@H]1CCCN1c1nc(Nc2cn(-c3ccc4c(c3)OC(F)(F)O4)cn2)c2occc2n1. The molecular formula is C21H18F2N6O4. The number of alkyl halides is 2. The van der Waals surface area contributed by atoms with Crippen LogP contribution in [0.4, 0.5) is 26.4 Å². The van der Waals surface area contributed by atoms with Crippen LogP contribution in [0.25, 0.3) is 16.8 Å². The van der Waals surface area contributed by atoms with Gasteiger partial charge in [-0.2, -0.15) is 4.98 Å². The minimum Gasteiger partial charge on any atom is -0.459 e. The summed E-state index contributed by atoms with van der Waals surface area (Å²) in [4.78, 5) is 15.5. The largest absolute Gasteiger partial charge is 0.586 e. The normalized spacial score (nSPS) is 18.9. The number of fused-ring (bicyclic) bond motifs is 2. The summed E-state index contributed by atoms with van der Waals surface area (Å²) in [7, 11) is 0. The Bertz CT molecular complexity index is 1340. The van der Waals surface area contributed by atoms with E-state index in [9.17, 15) is 13.9 Å². The smallest absolute Gasteiger partial charge is 0.459 e. The number of benzene rings is 1. The number of ether oxygens (including phenoxy) is 2. The van der Waals surface area contributed by atoms with Crippen LogP contribution in [0.15, 0.2) is 47.5 Å². The number of rotatable bonds is 5. The van der Waals surface area contributed by atoms with E-state index in [1.807, 2.05) is 4.90 Å². The molecule has 5 heterocycles. The summed E-state index contributed by atoms with van der Waals surface area (Å²) >= 11 is 0. The Kier molecular flexibility index (Phi) is 4.37. The second kappa shape index (κ2) is 7.30. The lowest BCUT2D eigenvalue weighted by atomic mass is 10.2. The Hall–Kier alpha value is -3.93. The summed E-state index contributed by atoms with van der Waals surface area (Å²) in [5.41, 5.74) is 1.66. The summed E-state index contributed by atoms with van der Waals surface area (Å²) in [5.74, 6) is 1.31. The highest BCUT2D eigenvalue weighted by molar-refractivity contribution is 5.86. The molecule has 3 aromatic heterocycles. The van der Waals surface area contributed by atoms with E-state index in [1.54, 1.807) is 22.9 Å². The first-order valence-electron chi connectivity index (χ1n) is 10.3. The van der Waals surface area contributed by atoms with E-state index in [0.29, 0.717) is 34.4 Å². The second-order valence-corrected chi connectivity index (χ2v) is 7.77. The minimum atomic E-state index is -3.67. The number of nitrogens with one attached hydrogen (secondary N) is 1. The van der Waals surface area contributed by atoms with Crippen molar-refractivity contribution in [3.8, 4) is 17.2 Å². The van der Waals surface area contributed by atoms with Crippen molar-refractivity contribution < 1.29 is 27.8 Å². The predicted molar refractivity (Wildman–Crippen MR) is 112 cm³/mol. The Morgan fingerprint density at radius 2 is 2.06 bits per heavy atom. The van der Waals surface area contributed by atoms with Crippen LogP contribution in [0, 0.1) is 0 Å². The van der Waals surface area contributed by atoms with Crippen LogP contribution in [-0.2, 0) is 0 Å². The van der Waals surface area contributed by atoms with Gasteiger partial charge < -0.3 is 33.8 Å². The third-order valence-electron chi connectivity index (χ3n) is 5.65. The van der Waals surface area contributed by atoms with Gasteiger partial charge in [-0.1, -0.05) is 0 Å². The van der Waals surface area contributed by atoms with Gasteiger partial charge in [-0.15, -0.1) is 8.78 Å². The average molecular weight is 456 g/mol. The molecule has 0 radical (unpaired) electrons. The molecule has 33 heavy (non-hydrogen) atoms. The predicted octanol–water partition coefficient (Wildman–Crippen LogP) is 3.43. The lowest BCUT2D eigenvalue weighted by Crippen LogP contribution is -2.33. The molecule has 0 amide bonds. The van der Waals surface area contributed by atoms with Crippen molar-refractivity contribution in [3.63, 3.8) is 0 Å². The molecule has 0 spiro atoms. The van der Waals surface area contributed by atoms with Gasteiger partial charge in [0.2, 0.25) is 5.95 Å². The van der Waals surface area contributed by atoms with Crippen LogP contribution < -0.4 is 19.7 Å². The zero-order valence-electron chi connectivity index (χ0n) is 17.1. The van der Waals surface area contributed by atoms with E-state index < -0.39 is 6.29 Å². The standard InChI is InChI=1S/C21H18F2N6O4/c22-21(23)32-15-4-3-12(8-16(15)33-21)28-9-17(24-11-28)26-19-18-14(5-7-31-18)25-20(27-19)29-6-1-2-13(29)10-30/h3-5,7-9,11,13,30H,1-2,6,10H2,(H,25,26,27)/t13-/m0/s1. The highest BCUT2D eigenvalue weighted by Crippen LogP contribution is 2.42. The van der Waals surface area contributed by atoms with Crippen molar-refractivity contribution >= 4 is 28.7 Å². The molecule has 1 fully saturated rings. The number of anilines is 3. The van der Waals surface area contributed by atoms with Crippen molar-refractivity contribution in [3.05, 3.63) is 43.1 Å². The number of furan rings is 1. The maximum absolute atomic E-state index is 13.3. The molecule has 1 atom stereocenters. The number of imidazole rings is 1. The van der Waals surface area contributed by atoms with Crippen molar-refractivity contribution in [2.75, 3.05) is 23.4 Å². The molecule has 2 aliphatic rings. The maximum atomic E-state index is 13.3. The van der Waals surface area contributed by atoms with Crippen LogP contribution in [-0.4, -0.2) is 50.1 Å². The molecule has 6 rings (SSSR count). The van der Waals surface area contributed by atoms with Crippen molar-refractivity contribution in [2.24, 2.45) is 0 Å². The molecule has 12 heteroatoms. The number of hydrogen-bond donors (Lipinski definition) is 2. The number of hydrogen-bond acceptors (Lipinski definition) is 9. The molecule has 10 nitrogen and oxygen atoms in total. The highest BCUT2D eigenvalue weighted by atomic mass is 19.3. The van der Waals surface area contributed by atoms with E-state index >= 15 is 0 Å². The molecule has 170 valence electrons. The molecule has 1 aromatic carbocycles. The number of halogens is 2. The van der Waals surface area contributed by atoms with Gasteiger partial charge >= 0.3 is 6.29 Å². The molecular weight excluding hydrogens is 438 g/mol. The first kappa shape index (κ1) is 19.7. The molecule has 0 saturated carbocycles. The summed E-state index contributed by atoms with van der Waals surface area (Å²) < 4.78 is 42.8. The number of aromatic nitrogens is 4. The van der Waals surface area contributed by atoms with Crippen molar-refractivity contribution in [2.45, 2.75) is 25.2 Å². The fraction of sp³-hybridized carbons (Fsp3) is 0.286. The third-order valence-corrected chi connectivity index (χ3v) is 5.65. The quantitative estimate of drug-likeness (QED) is 0.467. The van der Waals surface area contributed by atoms with Crippen LogP contribution in [0.5, 0.6) is 11.5 Å². The Balaban J connectivity index is 1.30. The fourth-order valence-corrected chi connectivity index (χ4v) is 4.10. The first-order valence-corrected chi connectivity index (χ1v) is 10.3. The van der Waals surface area contributed by atoms with E-state index in [0.717, 1.165) is 19.4 Å². The molecule has 4 aromatic rings. The van der Waals surface area contributed by atoms with Gasteiger partial charge in [-0.05, 0) is 25.0 Å². The van der Waals surface area contributed by atoms with Gasteiger partial charge in [-0.25, -0.2) is 9.97 Å². The van der Waals surface area contributed by atoms with Crippen LogP contribution in [0.1, 0.15) is 12.8 Å². The zero-order chi connectivity index (χ0) is 22.6. The van der Waals surface area contributed by atoms with E-state index in [1.165, 1.54) is 24.7 Å². The lowest BCUT2D eigenvalue weighted by molar-refractivity contribution is -0.286. The Labute approximate surface area is 185 Å². The number of aliphatic hydroxyl groups excluding tert-OH is 1. The molecule has 2 aliphatic heterocycles. The van der Waals surface area contributed by atoms with Gasteiger partial charge in [-0.3, -0.25) is 0 Å². The number of aliphatic hydroxyl groups is 1. The zero-order valence-corrected chi connectivity index (χ0v) is 17.1. The third kappa shape index (κ3) is 3.48. The van der Waals surface area contributed by atoms with Gasteiger partial charge in [0.15, 0.2) is 22.9 Å². The fourth-order valence-electron chi connectivity index (χ4n) is 4.10. The van der Waals surface area contributed by atoms with Gasteiger partial charge in [0.25, 0.3) is 0 Å². The molecule has 0 bridgehead atoms. The van der Waals surface area contributed by atoms with Crippen molar-refractivity contribution in [1.29, 1.82) is 0 Å². The highest BCUT2D eigenvalue weighted by Gasteiger charge is 2.43. The van der Waals surface area contributed by atoms with Crippen LogP contribution in [0.3, 0.4) is 0 Å². The summed E-state index contributed by atoms with van der Waals surface area (Å²) in [6.07, 6.45) is 2.89. The first-order chi connectivity index (χ1) is 16.0. The maximum Gasteiger partial charge on any atom is 0.586 e. The Morgan fingerprint density at radius 3 is 2.94 bits per heavy atom. The molecule has 0 aliphatic carbocycles. The summed E-state index contributed by atoms with van der Waals surface area (Å²) in [6.45, 7) is 0.785. The van der Waals surface area contributed by atoms with Gasteiger partial charge in [0, 0.05) is 18.7 Å². The van der Waals surface area contributed by atoms with Crippen LogP contribution in [0.2, 0.25) is 0 Å². The van der Waals surface area contributed by atoms with Gasteiger partial charge in [0.05, 0.1) is 30.8 Å². The second-order valence-electron chi connectivity index (χ2n) is 7.77.